The zero-order chi connectivity index (χ0) is 20.4. The Morgan fingerprint density at radius 3 is 2.45 bits per heavy atom. The third-order valence-corrected chi connectivity index (χ3v) is 6.29. The highest BCUT2D eigenvalue weighted by Crippen LogP contribution is 2.44. The lowest BCUT2D eigenvalue weighted by Gasteiger charge is -2.36. The molecule has 4 rings (SSSR count). The number of benzene rings is 1. The lowest BCUT2D eigenvalue weighted by molar-refractivity contribution is -0.137. The van der Waals surface area contributed by atoms with E-state index in [0.29, 0.717) is 36.8 Å². The van der Waals surface area contributed by atoms with Crippen molar-refractivity contribution in [3.8, 4) is 0 Å². The number of alkyl halides is 3. The minimum Gasteiger partial charge on any atom is -0.381 e. The summed E-state index contributed by atoms with van der Waals surface area (Å²) < 4.78 is 50.4. The molecule has 2 aliphatic heterocycles. The zero-order valence-corrected chi connectivity index (χ0v) is 16.5. The second-order valence-corrected chi connectivity index (χ2v) is 8.48. The Balaban J connectivity index is 1.47. The Morgan fingerprint density at radius 2 is 1.76 bits per heavy atom. The van der Waals surface area contributed by atoms with Gasteiger partial charge in [-0.2, -0.15) is 13.2 Å². The van der Waals surface area contributed by atoms with Crippen molar-refractivity contribution in [1.82, 2.24) is 5.32 Å². The van der Waals surface area contributed by atoms with Crippen LogP contribution in [0.5, 0.6) is 0 Å². The summed E-state index contributed by atoms with van der Waals surface area (Å²) in [5.41, 5.74) is 0.349. The number of carbonyl (C=O) groups is 1. The molecular formula is C22H28F3NO3. The maximum Gasteiger partial charge on any atom is 0.416 e. The van der Waals surface area contributed by atoms with Crippen LogP contribution in [-0.4, -0.2) is 44.3 Å². The van der Waals surface area contributed by atoms with Crippen LogP contribution in [0.4, 0.5) is 13.2 Å². The maximum atomic E-state index is 13.1. The molecule has 2 atom stereocenters. The van der Waals surface area contributed by atoms with Crippen LogP contribution in [0.25, 0.3) is 0 Å². The molecule has 0 spiro atoms. The Hall–Kier alpha value is -1.44. The van der Waals surface area contributed by atoms with Gasteiger partial charge < -0.3 is 14.8 Å². The predicted octanol–water partition coefficient (Wildman–Crippen LogP) is 4.33. The summed E-state index contributed by atoms with van der Waals surface area (Å²) in [6.45, 7) is 2.67. The fourth-order valence-electron chi connectivity index (χ4n) is 4.46. The highest BCUT2D eigenvalue weighted by molar-refractivity contribution is 5.98. The Bertz CT molecular complexity index is 727. The van der Waals surface area contributed by atoms with Gasteiger partial charge in [0.2, 0.25) is 0 Å². The van der Waals surface area contributed by atoms with Crippen molar-refractivity contribution in [2.24, 2.45) is 5.92 Å². The molecule has 0 aromatic heterocycles. The highest BCUT2D eigenvalue weighted by Gasteiger charge is 2.36. The van der Waals surface area contributed by atoms with Crippen molar-refractivity contribution in [2.75, 3.05) is 26.4 Å². The Kier molecular flexibility index (Phi) is 6.27. The summed E-state index contributed by atoms with van der Waals surface area (Å²) >= 11 is 0. The van der Waals surface area contributed by atoms with Crippen LogP contribution < -0.4 is 5.32 Å². The number of nitrogens with one attached hydrogen (secondary N) is 1. The minimum atomic E-state index is -4.39. The van der Waals surface area contributed by atoms with Gasteiger partial charge in [-0.15, -0.1) is 0 Å². The number of Topliss-reactive ketones (excluding diaryl/α,β-unsaturated/α-hetero) is 1. The first-order valence-corrected chi connectivity index (χ1v) is 10.6. The highest BCUT2D eigenvalue weighted by atomic mass is 19.4. The van der Waals surface area contributed by atoms with Crippen molar-refractivity contribution in [3.63, 3.8) is 0 Å². The van der Waals surface area contributed by atoms with Crippen molar-refractivity contribution in [1.29, 1.82) is 0 Å². The molecule has 0 radical (unpaired) electrons. The number of hydrogen-bond acceptors (Lipinski definition) is 4. The van der Waals surface area contributed by atoms with Gasteiger partial charge in [0.1, 0.15) is 0 Å². The molecule has 0 amide bonds. The first kappa shape index (κ1) is 20.8. The quantitative estimate of drug-likeness (QED) is 0.708. The van der Waals surface area contributed by atoms with Crippen LogP contribution in [0.3, 0.4) is 0 Å². The summed E-state index contributed by atoms with van der Waals surface area (Å²) in [5.74, 6) is 0.0401. The largest absolute Gasteiger partial charge is 0.416 e. The van der Waals surface area contributed by atoms with Gasteiger partial charge in [0.25, 0.3) is 0 Å². The first-order chi connectivity index (χ1) is 13.9. The summed E-state index contributed by atoms with van der Waals surface area (Å²) in [6.07, 6.45) is 0.376. The van der Waals surface area contributed by atoms with E-state index < -0.39 is 11.7 Å². The van der Waals surface area contributed by atoms with Crippen LogP contribution >= 0.6 is 0 Å². The summed E-state index contributed by atoms with van der Waals surface area (Å²) in [7, 11) is 0. The van der Waals surface area contributed by atoms with Gasteiger partial charge in [-0.05, 0) is 55.7 Å². The van der Waals surface area contributed by atoms with E-state index in [0.717, 1.165) is 51.4 Å². The van der Waals surface area contributed by atoms with Crippen LogP contribution in [0, 0.1) is 5.92 Å². The molecule has 1 N–H and O–H groups in total. The summed E-state index contributed by atoms with van der Waals surface area (Å²) in [5, 5.41) is 3.68. The number of hydrogen-bond donors (Lipinski definition) is 1. The van der Waals surface area contributed by atoms with Crippen LogP contribution in [-0.2, 0) is 15.7 Å². The monoisotopic (exact) mass is 411 g/mol. The van der Waals surface area contributed by atoms with Crippen LogP contribution in [0.2, 0.25) is 0 Å². The van der Waals surface area contributed by atoms with Crippen molar-refractivity contribution >= 4 is 5.78 Å². The van der Waals surface area contributed by atoms with Crippen LogP contribution in [0.1, 0.15) is 65.9 Å². The third-order valence-electron chi connectivity index (χ3n) is 6.29. The summed E-state index contributed by atoms with van der Waals surface area (Å²) in [4.78, 5) is 13.1. The predicted molar refractivity (Wildman–Crippen MR) is 102 cm³/mol. The first-order valence-electron chi connectivity index (χ1n) is 10.6. The second-order valence-electron chi connectivity index (χ2n) is 8.48. The summed E-state index contributed by atoms with van der Waals surface area (Å²) in [6, 6.07) is 4.17. The molecule has 2 saturated heterocycles. The van der Waals surface area contributed by atoms with E-state index >= 15 is 0 Å². The standard InChI is InChI=1S/C22H28F3NO3/c23-22(24,25)16-3-4-18(19(12-16)14-1-2-14)21(27)11-15-13-29-10-7-20(15)26-17-5-8-28-9-6-17/h3-4,12,14-15,17,20,26H,1-2,5-11,13H2/t15-,20-/m1/s1. The Labute approximate surface area is 169 Å². The van der Waals surface area contributed by atoms with E-state index in [1.165, 1.54) is 12.1 Å². The van der Waals surface area contributed by atoms with Gasteiger partial charge in [-0.3, -0.25) is 4.79 Å². The molecule has 0 unspecified atom stereocenters. The maximum absolute atomic E-state index is 13.1. The molecule has 0 bridgehead atoms. The molecule has 160 valence electrons. The third kappa shape index (κ3) is 5.19. The lowest BCUT2D eigenvalue weighted by Crippen LogP contribution is -2.49. The fraction of sp³-hybridized carbons (Fsp3) is 0.682. The topological polar surface area (TPSA) is 47.6 Å². The number of ketones is 1. The van der Waals surface area contributed by atoms with Gasteiger partial charge in [-0.25, -0.2) is 0 Å². The minimum absolute atomic E-state index is 0.0356. The molecule has 2 heterocycles. The van der Waals surface area contributed by atoms with Crippen molar-refractivity contribution < 1.29 is 27.4 Å². The van der Waals surface area contributed by atoms with E-state index in [1.54, 1.807) is 0 Å². The fourth-order valence-corrected chi connectivity index (χ4v) is 4.46. The van der Waals surface area contributed by atoms with Crippen molar-refractivity contribution in [3.05, 3.63) is 34.9 Å². The van der Waals surface area contributed by atoms with Crippen LogP contribution in [0.15, 0.2) is 18.2 Å². The number of carbonyl (C=O) groups excluding carboxylic acids is 1. The SMILES string of the molecule is O=C(C[C@@H]1COCC[C@H]1NC1CCOCC1)c1ccc(C(F)(F)F)cc1C1CC1. The molecule has 1 aliphatic carbocycles. The zero-order valence-electron chi connectivity index (χ0n) is 16.5. The lowest BCUT2D eigenvalue weighted by atomic mass is 9.86. The molecule has 1 aromatic carbocycles. The molecule has 3 fully saturated rings. The van der Waals surface area contributed by atoms with E-state index in [2.05, 4.69) is 5.32 Å². The van der Waals surface area contributed by atoms with Gasteiger partial charge in [0.05, 0.1) is 12.2 Å². The second kappa shape index (κ2) is 8.74. The molecule has 7 heteroatoms. The molecular weight excluding hydrogens is 383 g/mol. The molecule has 1 saturated carbocycles. The number of ether oxygens (including phenoxy) is 2. The van der Waals surface area contributed by atoms with Gasteiger partial charge in [0, 0.05) is 49.8 Å². The van der Waals surface area contributed by atoms with Crippen molar-refractivity contribution in [2.45, 2.75) is 62.7 Å². The van der Waals surface area contributed by atoms with E-state index in [4.69, 9.17) is 9.47 Å². The van der Waals surface area contributed by atoms with E-state index in [-0.39, 0.29) is 23.7 Å². The van der Waals surface area contributed by atoms with Gasteiger partial charge >= 0.3 is 6.18 Å². The smallest absolute Gasteiger partial charge is 0.381 e. The molecule has 1 aromatic rings. The van der Waals surface area contributed by atoms with E-state index in [9.17, 15) is 18.0 Å². The van der Waals surface area contributed by atoms with Gasteiger partial charge in [-0.1, -0.05) is 6.07 Å². The average molecular weight is 411 g/mol. The van der Waals surface area contributed by atoms with E-state index in [1.807, 2.05) is 0 Å². The average Bonchev–Trinajstić information content (AvgIpc) is 3.54. The molecule has 29 heavy (non-hydrogen) atoms. The van der Waals surface area contributed by atoms with Gasteiger partial charge in [0.15, 0.2) is 5.78 Å². The normalized spacial score (nSPS) is 26.4. The Morgan fingerprint density at radius 1 is 1.03 bits per heavy atom. The molecule has 3 aliphatic rings. The molecule has 4 nitrogen and oxygen atoms in total. The number of rotatable bonds is 6. The number of halogens is 3.